The quantitative estimate of drug-likeness (QED) is 0.632. The van der Waals surface area contributed by atoms with Crippen LogP contribution in [0.1, 0.15) is 13.3 Å². The summed E-state index contributed by atoms with van der Waals surface area (Å²) in [6, 6.07) is 0. The number of nitrogens with zero attached hydrogens (tertiary/aromatic N) is 1. The van der Waals surface area contributed by atoms with Crippen LogP contribution in [0.15, 0.2) is 0 Å². The molecule has 0 radical (unpaired) electrons. The molecule has 2 rings (SSSR count). The molecule has 2 saturated heterocycles. The van der Waals surface area contributed by atoms with Gasteiger partial charge in [0.25, 0.3) is 0 Å². The highest BCUT2D eigenvalue weighted by atomic mass is 16.6. The summed E-state index contributed by atoms with van der Waals surface area (Å²) in [5, 5.41) is 3.16. The lowest BCUT2D eigenvalue weighted by Crippen LogP contribution is -2.55. The smallest absolute Gasteiger partial charge is 0.169 e. The zero-order valence-corrected chi connectivity index (χ0v) is 8.57. The van der Waals surface area contributed by atoms with Crippen molar-refractivity contribution in [3.05, 3.63) is 0 Å². The maximum Gasteiger partial charge on any atom is 0.169 e. The Morgan fingerprint density at radius 1 is 1.57 bits per heavy atom. The number of ether oxygens (including phenoxy) is 3. The highest BCUT2D eigenvalue weighted by Crippen LogP contribution is 2.14. The topological polar surface area (TPSA) is 46.3 Å². The molecule has 0 aromatic rings. The lowest BCUT2D eigenvalue weighted by molar-refractivity contribution is -0.174. The van der Waals surface area contributed by atoms with Crippen LogP contribution in [0.2, 0.25) is 0 Å². The number of rotatable bonds is 5. The second-order valence-electron chi connectivity index (χ2n) is 3.63. The van der Waals surface area contributed by atoms with Crippen LogP contribution in [-0.4, -0.2) is 50.6 Å². The van der Waals surface area contributed by atoms with Crippen LogP contribution >= 0.6 is 0 Å². The standard InChI is InChI=1S/C9H18N2O3/c1-2-3-13-9-10-6-12-7-11(9)4-8-5-14-8/h8-10H,2-7H2,1H3. The van der Waals surface area contributed by atoms with Crippen molar-refractivity contribution >= 4 is 0 Å². The first-order valence-corrected chi connectivity index (χ1v) is 5.18. The molecule has 2 atom stereocenters. The van der Waals surface area contributed by atoms with E-state index in [0.29, 0.717) is 19.6 Å². The molecular formula is C9H18N2O3. The molecule has 2 unspecified atom stereocenters. The summed E-state index contributed by atoms with van der Waals surface area (Å²) in [5.41, 5.74) is 0. The molecule has 1 N–H and O–H groups in total. The molecule has 0 aromatic heterocycles. The minimum Gasteiger partial charge on any atom is -0.372 e. The summed E-state index contributed by atoms with van der Waals surface area (Å²) < 4.78 is 16.1. The fourth-order valence-electron chi connectivity index (χ4n) is 1.47. The summed E-state index contributed by atoms with van der Waals surface area (Å²) in [7, 11) is 0. The van der Waals surface area contributed by atoms with Gasteiger partial charge < -0.3 is 14.2 Å². The molecule has 0 amide bonds. The molecular weight excluding hydrogens is 184 g/mol. The first-order chi connectivity index (χ1) is 6.90. The van der Waals surface area contributed by atoms with E-state index in [1.807, 2.05) is 0 Å². The zero-order chi connectivity index (χ0) is 9.80. The fourth-order valence-corrected chi connectivity index (χ4v) is 1.47. The lowest BCUT2D eigenvalue weighted by atomic mass is 10.4. The molecule has 5 nitrogen and oxygen atoms in total. The second-order valence-corrected chi connectivity index (χ2v) is 3.63. The van der Waals surface area contributed by atoms with E-state index in [4.69, 9.17) is 14.2 Å². The Bertz CT molecular complexity index is 175. The van der Waals surface area contributed by atoms with Crippen LogP contribution in [0.4, 0.5) is 0 Å². The van der Waals surface area contributed by atoms with Crippen LogP contribution in [0, 0.1) is 0 Å². The normalized spacial score (nSPS) is 33.2. The first-order valence-electron chi connectivity index (χ1n) is 5.18. The summed E-state index contributed by atoms with van der Waals surface area (Å²) in [6.45, 7) is 5.84. The summed E-state index contributed by atoms with van der Waals surface area (Å²) in [5.74, 6) is 0. The Labute approximate surface area is 84.3 Å². The second kappa shape index (κ2) is 5.04. The molecule has 82 valence electrons. The summed E-state index contributed by atoms with van der Waals surface area (Å²) in [4.78, 5) is 2.12. The highest BCUT2D eigenvalue weighted by Gasteiger charge is 2.31. The molecule has 0 saturated carbocycles. The van der Waals surface area contributed by atoms with Gasteiger partial charge in [-0.1, -0.05) is 6.92 Å². The van der Waals surface area contributed by atoms with Gasteiger partial charge in [0.2, 0.25) is 0 Å². The molecule has 0 spiro atoms. The van der Waals surface area contributed by atoms with Crippen LogP contribution in [-0.2, 0) is 14.2 Å². The van der Waals surface area contributed by atoms with Gasteiger partial charge in [-0.3, -0.25) is 5.32 Å². The van der Waals surface area contributed by atoms with E-state index >= 15 is 0 Å². The van der Waals surface area contributed by atoms with Crippen LogP contribution in [0.3, 0.4) is 0 Å². The van der Waals surface area contributed by atoms with Crippen molar-refractivity contribution in [1.82, 2.24) is 10.2 Å². The maximum absolute atomic E-state index is 5.65. The average Bonchev–Trinajstić information content (AvgIpc) is 3.01. The molecule has 5 heteroatoms. The number of hydrogen-bond acceptors (Lipinski definition) is 5. The van der Waals surface area contributed by atoms with Crippen LogP contribution in [0.5, 0.6) is 0 Å². The van der Waals surface area contributed by atoms with E-state index in [0.717, 1.165) is 26.2 Å². The van der Waals surface area contributed by atoms with Crippen molar-refractivity contribution in [2.75, 3.05) is 33.2 Å². The van der Waals surface area contributed by atoms with Gasteiger partial charge in [-0.2, -0.15) is 0 Å². The predicted octanol–water partition coefficient (Wildman–Crippen LogP) is -0.0678. The van der Waals surface area contributed by atoms with Gasteiger partial charge in [-0.05, 0) is 6.42 Å². The molecule has 2 fully saturated rings. The Kier molecular flexibility index (Phi) is 3.72. The number of epoxide rings is 1. The Hall–Kier alpha value is -0.200. The van der Waals surface area contributed by atoms with Crippen molar-refractivity contribution in [3.63, 3.8) is 0 Å². The van der Waals surface area contributed by atoms with E-state index in [2.05, 4.69) is 17.1 Å². The van der Waals surface area contributed by atoms with Gasteiger partial charge in [0, 0.05) is 13.2 Å². The lowest BCUT2D eigenvalue weighted by Gasteiger charge is -2.35. The molecule has 2 aliphatic heterocycles. The molecule has 0 bridgehead atoms. The third kappa shape index (κ3) is 2.90. The molecule has 14 heavy (non-hydrogen) atoms. The van der Waals surface area contributed by atoms with Crippen molar-refractivity contribution < 1.29 is 14.2 Å². The van der Waals surface area contributed by atoms with E-state index in [9.17, 15) is 0 Å². The summed E-state index contributed by atoms with van der Waals surface area (Å²) in [6.07, 6.45) is 1.41. The van der Waals surface area contributed by atoms with Gasteiger partial charge in [0.05, 0.1) is 12.7 Å². The van der Waals surface area contributed by atoms with Gasteiger partial charge in [0.15, 0.2) is 6.35 Å². The average molecular weight is 202 g/mol. The fraction of sp³-hybridized carbons (Fsp3) is 1.00. The third-order valence-electron chi connectivity index (χ3n) is 2.27. The number of nitrogens with one attached hydrogen (secondary N) is 1. The van der Waals surface area contributed by atoms with Crippen molar-refractivity contribution in [2.45, 2.75) is 25.8 Å². The molecule has 2 aliphatic rings. The monoisotopic (exact) mass is 202 g/mol. The van der Waals surface area contributed by atoms with Gasteiger partial charge >= 0.3 is 0 Å². The highest BCUT2D eigenvalue weighted by molar-refractivity contribution is 4.75. The summed E-state index contributed by atoms with van der Waals surface area (Å²) >= 11 is 0. The van der Waals surface area contributed by atoms with Crippen molar-refractivity contribution in [2.24, 2.45) is 0 Å². The Morgan fingerprint density at radius 3 is 3.14 bits per heavy atom. The maximum atomic E-state index is 5.65. The zero-order valence-electron chi connectivity index (χ0n) is 8.57. The van der Waals surface area contributed by atoms with E-state index in [-0.39, 0.29) is 6.35 Å². The largest absolute Gasteiger partial charge is 0.372 e. The third-order valence-corrected chi connectivity index (χ3v) is 2.27. The van der Waals surface area contributed by atoms with Gasteiger partial charge in [0.1, 0.15) is 13.5 Å². The van der Waals surface area contributed by atoms with Gasteiger partial charge in [-0.15, -0.1) is 0 Å². The first kappa shape index (κ1) is 10.3. The number of hydrogen-bond donors (Lipinski definition) is 1. The van der Waals surface area contributed by atoms with Crippen LogP contribution < -0.4 is 5.32 Å². The van der Waals surface area contributed by atoms with Crippen molar-refractivity contribution in [3.8, 4) is 0 Å². The molecule has 0 aromatic carbocycles. The van der Waals surface area contributed by atoms with E-state index < -0.39 is 0 Å². The predicted molar refractivity (Wildman–Crippen MR) is 50.4 cm³/mol. The van der Waals surface area contributed by atoms with Crippen LogP contribution in [0.25, 0.3) is 0 Å². The minimum absolute atomic E-state index is 0.00657. The minimum atomic E-state index is -0.00657. The van der Waals surface area contributed by atoms with Gasteiger partial charge in [-0.25, -0.2) is 4.90 Å². The molecule has 0 aliphatic carbocycles. The van der Waals surface area contributed by atoms with Crippen molar-refractivity contribution in [1.29, 1.82) is 0 Å². The van der Waals surface area contributed by atoms with E-state index in [1.165, 1.54) is 0 Å². The molecule has 2 heterocycles. The van der Waals surface area contributed by atoms with E-state index in [1.54, 1.807) is 0 Å². The Morgan fingerprint density at radius 2 is 2.43 bits per heavy atom. The Balaban J connectivity index is 1.76. The SMILES string of the molecule is CCCOC1NCOCN1CC1CO1.